The minimum atomic E-state index is -0.380. The SMILES string of the molecule is CC(=O)Oc1ccc2nc(Cl)oc2c1. The van der Waals surface area contributed by atoms with Gasteiger partial charge in [0, 0.05) is 13.0 Å². The van der Waals surface area contributed by atoms with E-state index in [1.165, 1.54) is 6.92 Å². The van der Waals surface area contributed by atoms with E-state index in [-0.39, 0.29) is 11.3 Å². The second kappa shape index (κ2) is 3.31. The highest BCUT2D eigenvalue weighted by molar-refractivity contribution is 6.28. The Morgan fingerprint density at radius 1 is 1.57 bits per heavy atom. The summed E-state index contributed by atoms with van der Waals surface area (Å²) >= 11 is 5.56. The standard InChI is InChI=1S/C9H6ClNO3/c1-5(12)13-6-2-3-7-8(4-6)14-9(10)11-7/h2-4H,1H3. The lowest BCUT2D eigenvalue weighted by atomic mass is 10.3. The van der Waals surface area contributed by atoms with Crippen molar-refractivity contribution in [3.05, 3.63) is 23.5 Å². The van der Waals surface area contributed by atoms with Crippen molar-refractivity contribution in [1.82, 2.24) is 4.98 Å². The molecule has 0 aliphatic heterocycles. The summed E-state index contributed by atoms with van der Waals surface area (Å²) < 4.78 is 9.91. The second-order valence-corrected chi connectivity index (χ2v) is 3.01. The molecule has 0 aliphatic carbocycles. The molecule has 0 N–H and O–H groups in total. The molecule has 14 heavy (non-hydrogen) atoms. The topological polar surface area (TPSA) is 52.3 Å². The number of halogens is 1. The monoisotopic (exact) mass is 211 g/mol. The molecule has 4 nitrogen and oxygen atoms in total. The van der Waals surface area contributed by atoms with Crippen molar-refractivity contribution >= 4 is 28.7 Å². The van der Waals surface area contributed by atoms with Crippen LogP contribution in [0.5, 0.6) is 5.75 Å². The predicted octanol–water partition coefficient (Wildman–Crippen LogP) is 2.41. The van der Waals surface area contributed by atoms with Crippen LogP contribution in [0.3, 0.4) is 0 Å². The van der Waals surface area contributed by atoms with E-state index in [9.17, 15) is 4.79 Å². The molecule has 0 aliphatic rings. The lowest BCUT2D eigenvalue weighted by Crippen LogP contribution is -2.00. The van der Waals surface area contributed by atoms with E-state index < -0.39 is 0 Å². The maximum Gasteiger partial charge on any atom is 0.308 e. The van der Waals surface area contributed by atoms with Gasteiger partial charge in [-0.3, -0.25) is 4.79 Å². The molecular weight excluding hydrogens is 206 g/mol. The van der Waals surface area contributed by atoms with Gasteiger partial charge in [-0.2, -0.15) is 4.98 Å². The number of esters is 1. The number of hydrogen-bond acceptors (Lipinski definition) is 4. The highest BCUT2D eigenvalue weighted by Crippen LogP contribution is 2.23. The third-order valence-corrected chi connectivity index (χ3v) is 1.76. The smallest absolute Gasteiger partial charge is 0.308 e. The largest absolute Gasteiger partial charge is 0.427 e. The van der Waals surface area contributed by atoms with Crippen molar-refractivity contribution in [1.29, 1.82) is 0 Å². The molecule has 5 heteroatoms. The Balaban J connectivity index is 2.45. The fraction of sp³-hybridized carbons (Fsp3) is 0.111. The highest BCUT2D eigenvalue weighted by atomic mass is 35.5. The zero-order chi connectivity index (χ0) is 10.1. The van der Waals surface area contributed by atoms with Crippen molar-refractivity contribution in [3.8, 4) is 5.75 Å². The third kappa shape index (κ3) is 1.70. The Morgan fingerprint density at radius 2 is 2.36 bits per heavy atom. The molecule has 2 aromatic rings. The predicted molar refractivity (Wildman–Crippen MR) is 50.3 cm³/mol. The Hall–Kier alpha value is -1.55. The third-order valence-electron chi connectivity index (χ3n) is 1.60. The van der Waals surface area contributed by atoms with Gasteiger partial charge in [-0.05, 0) is 23.7 Å². The number of nitrogens with zero attached hydrogens (tertiary/aromatic N) is 1. The zero-order valence-electron chi connectivity index (χ0n) is 7.28. The number of oxazole rings is 1. The van der Waals surface area contributed by atoms with Gasteiger partial charge in [0.15, 0.2) is 5.58 Å². The van der Waals surface area contributed by atoms with Crippen LogP contribution < -0.4 is 4.74 Å². The van der Waals surface area contributed by atoms with Crippen LogP contribution >= 0.6 is 11.6 Å². The summed E-state index contributed by atoms with van der Waals surface area (Å²) in [5.41, 5.74) is 1.12. The zero-order valence-corrected chi connectivity index (χ0v) is 8.04. The van der Waals surface area contributed by atoms with E-state index in [0.717, 1.165) is 0 Å². The van der Waals surface area contributed by atoms with Crippen molar-refractivity contribution in [3.63, 3.8) is 0 Å². The molecule has 1 aromatic heterocycles. The van der Waals surface area contributed by atoms with Crippen LogP contribution in [0.15, 0.2) is 22.6 Å². The highest BCUT2D eigenvalue weighted by Gasteiger charge is 2.05. The molecule has 0 spiro atoms. The van der Waals surface area contributed by atoms with E-state index >= 15 is 0 Å². The van der Waals surface area contributed by atoms with Crippen molar-refractivity contribution in [2.24, 2.45) is 0 Å². The molecule has 0 saturated carbocycles. The summed E-state index contributed by atoms with van der Waals surface area (Å²) in [5.74, 6) is 0.0350. The Labute approximate surface area is 84.4 Å². The van der Waals surface area contributed by atoms with Crippen molar-refractivity contribution < 1.29 is 13.9 Å². The maximum absolute atomic E-state index is 10.7. The average molecular weight is 212 g/mol. The first-order valence-electron chi connectivity index (χ1n) is 3.89. The number of hydrogen-bond donors (Lipinski definition) is 0. The van der Waals surface area contributed by atoms with Crippen LogP contribution in [0.4, 0.5) is 0 Å². The van der Waals surface area contributed by atoms with Crippen LogP contribution in [0.2, 0.25) is 5.35 Å². The number of carbonyl (C=O) groups excluding carboxylic acids is 1. The first-order valence-corrected chi connectivity index (χ1v) is 4.27. The molecular formula is C9H6ClNO3. The summed E-state index contributed by atoms with van der Waals surface area (Å²) in [5, 5.41) is 0.0694. The van der Waals surface area contributed by atoms with Gasteiger partial charge in [0.1, 0.15) is 11.3 Å². The molecule has 0 unspecified atom stereocenters. The minimum absolute atomic E-state index is 0.0694. The molecule has 0 bridgehead atoms. The number of aromatic nitrogens is 1. The summed E-state index contributed by atoms with van der Waals surface area (Å²) in [4.78, 5) is 14.6. The van der Waals surface area contributed by atoms with Gasteiger partial charge in [-0.1, -0.05) is 0 Å². The first-order chi connectivity index (χ1) is 6.65. The van der Waals surface area contributed by atoms with Crippen LogP contribution in [0.1, 0.15) is 6.92 Å². The number of ether oxygens (including phenoxy) is 1. The van der Waals surface area contributed by atoms with Crippen molar-refractivity contribution in [2.45, 2.75) is 6.92 Å². The minimum Gasteiger partial charge on any atom is -0.427 e. The van der Waals surface area contributed by atoms with Crippen LogP contribution in [0.25, 0.3) is 11.1 Å². The summed E-state index contributed by atoms with van der Waals surface area (Å²) in [6.07, 6.45) is 0. The van der Waals surface area contributed by atoms with Gasteiger partial charge in [-0.25, -0.2) is 0 Å². The lowest BCUT2D eigenvalue weighted by molar-refractivity contribution is -0.131. The second-order valence-electron chi connectivity index (χ2n) is 2.69. The fourth-order valence-electron chi connectivity index (χ4n) is 1.11. The lowest BCUT2D eigenvalue weighted by Gasteiger charge is -1.98. The van der Waals surface area contributed by atoms with Gasteiger partial charge in [-0.15, -0.1) is 0 Å². The first kappa shape index (κ1) is 9.02. The van der Waals surface area contributed by atoms with E-state index in [4.69, 9.17) is 20.8 Å². The van der Waals surface area contributed by atoms with Gasteiger partial charge in [0.25, 0.3) is 5.35 Å². The van der Waals surface area contributed by atoms with Crippen LogP contribution in [-0.2, 0) is 4.79 Å². The number of rotatable bonds is 1. The quantitative estimate of drug-likeness (QED) is 0.537. The van der Waals surface area contributed by atoms with Gasteiger partial charge in [0.2, 0.25) is 0 Å². The van der Waals surface area contributed by atoms with E-state index in [0.29, 0.717) is 16.8 Å². The van der Waals surface area contributed by atoms with Crippen LogP contribution in [0, 0.1) is 0 Å². The van der Waals surface area contributed by atoms with E-state index in [2.05, 4.69) is 4.98 Å². The summed E-state index contributed by atoms with van der Waals surface area (Å²) in [6, 6.07) is 4.86. The summed E-state index contributed by atoms with van der Waals surface area (Å²) in [7, 11) is 0. The van der Waals surface area contributed by atoms with Gasteiger partial charge < -0.3 is 9.15 Å². The fourth-order valence-corrected chi connectivity index (χ4v) is 1.28. The summed E-state index contributed by atoms with van der Waals surface area (Å²) in [6.45, 7) is 1.33. The molecule has 0 atom stereocenters. The molecule has 0 amide bonds. The Kier molecular flexibility index (Phi) is 2.13. The van der Waals surface area contributed by atoms with Gasteiger partial charge in [0.05, 0.1) is 0 Å². The molecule has 1 heterocycles. The molecule has 0 saturated heterocycles. The van der Waals surface area contributed by atoms with Gasteiger partial charge >= 0.3 is 5.97 Å². The van der Waals surface area contributed by atoms with E-state index in [1.807, 2.05) is 0 Å². The molecule has 1 aromatic carbocycles. The van der Waals surface area contributed by atoms with Crippen molar-refractivity contribution in [2.75, 3.05) is 0 Å². The normalized spacial score (nSPS) is 10.4. The average Bonchev–Trinajstić information content (AvgIpc) is 2.42. The number of carbonyl (C=O) groups is 1. The molecule has 0 fully saturated rings. The van der Waals surface area contributed by atoms with Crippen LogP contribution in [-0.4, -0.2) is 11.0 Å². The molecule has 72 valence electrons. The number of fused-ring (bicyclic) bond motifs is 1. The Bertz CT molecular complexity index is 492. The Morgan fingerprint density at radius 3 is 3.07 bits per heavy atom. The van der Waals surface area contributed by atoms with E-state index in [1.54, 1.807) is 18.2 Å². The molecule has 0 radical (unpaired) electrons. The number of benzene rings is 1. The maximum atomic E-state index is 10.7. The molecule has 2 rings (SSSR count).